The maximum absolute atomic E-state index is 7.03. The predicted octanol–water partition coefficient (Wildman–Crippen LogP) is 9.43. The summed E-state index contributed by atoms with van der Waals surface area (Å²) in [6.45, 7) is 0. The molecule has 0 spiro atoms. The normalized spacial score (nSPS) is 12.0. The summed E-state index contributed by atoms with van der Waals surface area (Å²) in [7, 11) is 0. The number of benzene rings is 5. The van der Waals surface area contributed by atoms with E-state index in [1.54, 1.807) is 0 Å². The minimum atomic E-state index is 0.741. The van der Waals surface area contributed by atoms with Crippen LogP contribution in [0.5, 0.6) is 0 Å². The van der Waals surface area contributed by atoms with Crippen LogP contribution < -0.4 is 0 Å². The maximum atomic E-state index is 7.03. The first kappa shape index (κ1) is 17.4. The lowest BCUT2D eigenvalue weighted by Crippen LogP contribution is -1.81. The summed E-state index contributed by atoms with van der Waals surface area (Å²) in [5.74, 6) is 0. The maximum Gasteiger partial charge on any atom is 0.136 e. The van der Waals surface area contributed by atoms with Gasteiger partial charge in [-0.25, -0.2) is 0 Å². The zero-order valence-corrected chi connectivity index (χ0v) is 17.9. The highest BCUT2D eigenvalue weighted by Gasteiger charge is 2.16. The molecule has 0 unspecified atom stereocenters. The van der Waals surface area contributed by atoms with E-state index in [0.29, 0.717) is 0 Å². The Labute approximate surface area is 187 Å². The van der Waals surface area contributed by atoms with Gasteiger partial charge in [0.05, 0.1) is 5.02 Å². The van der Waals surface area contributed by atoms with Crippen molar-refractivity contribution in [3.05, 3.63) is 96.0 Å². The lowest BCUT2D eigenvalue weighted by molar-refractivity contribution is 0.669. The molecule has 7 aromatic rings. The molecule has 31 heavy (non-hydrogen) atoms. The van der Waals surface area contributed by atoms with Crippen LogP contribution in [0.1, 0.15) is 0 Å². The topological polar surface area (TPSA) is 13.1 Å². The van der Waals surface area contributed by atoms with Crippen molar-refractivity contribution in [2.45, 2.75) is 0 Å². The molecule has 2 aromatic heterocycles. The lowest BCUT2D eigenvalue weighted by Gasteiger charge is -2.06. The summed E-state index contributed by atoms with van der Waals surface area (Å²) >= 11 is 8.86. The monoisotopic (exact) mass is 434 g/mol. The van der Waals surface area contributed by atoms with Crippen molar-refractivity contribution in [1.82, 2.24) is 0 Å². The molecule has 1 nitrogen and oxygen atoms in total. The Morgan fingerprint density at radius 3 is 2.29 bits per heavy atom. The van der Waals surface area contributed by atoms with Crippen LogP contribution in [0.4, 0.5) is 0 Å². The summed E-state index contributed by atoms with van der Waals surface area (Å²) in [5.41, 5.74) is 3.84. The Morgan fingerprint density at radius 1 is 0.613 bits per heavy atom. The van der Waals surface area contributed by atoms with E-state index in [-0.39, 0.29) is 0 Å². The fourth-order valence-corrected chi connectivity index (χ4v) is 6.08. The van der Waals surface area contributed by atoms with E-state index in [0.717, 1.165) is 38.1 Å². The second-order valence-electron chi connectivity index (χ2n) is 7.91. The number of fused-ring (bicyclic) bond motifs is 7. The fraction of sp³-hybridized carbons (Fsp3) is 0. The first-order chi connectivity index (χ1) is 15.3. The van der Waals surface area contributed by atoms with E-state index in [9.17, 15) is 0 Å². The van der Waals surface area contributed by atoms with Crippen LogP contribution in [0.15, 0.2) is 95.4 Å². The largest absolute Gasteiger partial charge is 0.456 e. The first-order valence-corrected chi connectivity index (χ1v) is 11.4. The fourth-order valence-electron chi connectivity index (χ4n) is 4.63. The highest BCUT2D eigenvalue weighted by molar-refractivity contribution is 7.25. The van der Waals surface area contributed by atoms with Crippen molar-refractivity contribution >= 4 is 75.8 Å². The quantitative estimate of drug-likeness (QED) is 0.251. The van der Waals surface area contributed by atoms with E-state index < -0.39 is 0 Å². The van der Waals surface area contributed by atoms with Gasteiger partial charge >= 0.3 is 0 Å². The molecule has 5 aromatic carbocycles. The average Bonchev–Trinajstić information content (AvgIpc) is 3.35. The first-order valence-electron chi connectivity index (χ1n) is 10.2. The highest BCUT2D eigenvalue weighted by atomic mass is 35.5. The zero-order valence-electron chi connectivity index (χ0n) is 16.4. The van der Waals surface area contributed by atoms with Gasteiger partial charge in [-0.05, 0) is 58.8 Å². The number of hydrogen-bond donors (Lipinski definition) is 0. The summed E-state index contributed by atoms with van der Waals surface area (Å²) in [6.07, 6.45) is 0. The van der Waals surface area contributed by atoms with Crippen molar-refractivity contribution in [3.8, 4) is 11.1 Å². The number of hydrogen-bond acceptors (Lipinski definition) is 2. The van der Waals surface area contributed by atoms with Crippen LogP contribution in [0.25, 0.3) is 64.0 Å². The Morgan fingerprint density at radius 2 is 1.39 bits per heavy atom. The van der Waals surface area contributed by atoms with E-state index in [4.69, 9.17) is 16.0 Å². The van der Waals surface area contributed by atoms with Gasteiger partial charge in [-0.15, -0.1) is 11.3 Å². The average molecular weight is 435 g/mol. The van der Waals surface area contributed by atoms with Crippen LogP contribution in [0.3, 0.4) is 0 Å². The summed E-state index contributed by atoms with van der Waals surface area (Å²) in [5, 5.41) is 7.70. The van der Waals surface area contributed by atoms with Crippen LogP contribution in [0.2, 0.25) is 5.02 Å². The number of rotatable bonds is 1. The molecule has 0 aliphatic rings. The van der Waals surface area contributed by atoms with Crippen molar-refractivity contribution in [2.24, 2.45) is 0 Å². The number of thiophene rings is 1. The van der Waals surface area contributed by atoms with Crippen molar-refractivity contribution in [2.75, 3.05) is 0 Å². The Hall–Kier alpha value is -3.33. The molecule has 0 N–H and O–H groups in total. The van der Waals surface area contributed by atoms with Gasteiger partial charge in [0.15, 0.2) is 0 Å². The van der Waals surface area contributed by atoms with Gasteiger partial charge in [-0.2, -0.15) is 0 Å². The molecule has 0 fully saturated rings. The molecule has 7 rings (SSSR count). The molecule has 146 valence electrons. The van der Waals surface area contributed by atoms with Gasteiger partial charge in [0.1, 0.15) is 11.2 Å². The Bertz CT molecular complexity index is 1810. The van der Waals surface area contributed by atoms with E-state index in [1.165, 1.54) is 30.9 Å². The van der Waals surface area contributed by atoms with E-state index >= 15 is 0 Å². The minimum Gasteiger partial charge on any atom is -0.456 e. The summed E-state index contributed by atoms with van der Waals surface area (Å²) < 4.78 is 8.77. The molecule has 0 aliphatic carbocycles. The SMILES string of the molecule is Clc1c(-c2ccc3sc4ccccc4c3c2)ccc2oc3cc4ccccc4cc3c12. The van der Waals surface area contributed by atoms with Gasteiger partial charge in [0.25, 0.3) is 0 Å². The summed E-state index contributed by atoms with van der Waals surface area (Å²) in [6, 6.07) is 31.9. The van der Waals surface area contributed by atoms with Crippen molar-refractivity contribution in [3.63, 3.8) is 0 Å². The molecule has 3 heteroatoms. The Balaban J connectivity index is 1.52. The smallest absolute Gasteiger partial charge is 0.136 e. The number of furan rings is 1. The van der Waals surface area contributed by atoms with Gasteiger partial charge in [-0.1, -0.05) is 60.1 Å². The van der Waals surface area contributed by atoms with Gasteiger partial charge < -0.3 is 4.42 Å². The molecule has 0 aliphatic heterocycles. The van der Waals surface area contributed by atoms with Crippen LogP contribution >= 0.6 is 22.9 Å². The third kappa shape index (κ3) is 2.49. The molecule has 0 amide bonds. The predicted molar refractivity (Wildman–Crippen MR) is 135 cm³/mol. The van der Waals surface area contributed by atoms with E-state index in [1.807, 2.05) is 23.5 Å². The standard InChI is InChI=1S/C28H15ClOS/c29-28-19(18-9-12-26-21(14-18)20-7-3-4-8-25(20)31-26)10-11-23-27(28)22-13-16-5-1-2-6-17(16)15-24(22)30-23/h1-15H. The molecule has 0 saturated heterocycles. The van der Waals surface area contributed by atoms with Crippen molar-refractivity contribution < 1.29 is 4.42 Å². The molecule has 0 bridgehead atoms. The third-order valence-corrected chi connectivity index (χ3v) is 7.67. The molecule has 0 saturated carbocycles. The zero-order chi connectivity index (χ0) is 20.5. The molecule has 0 radical (unpaired) electrons. The van der Waals surface area contributed by atoms with Gasteiger partial charge in [0, 0.05) is 36.5 Å². The van der Waals surface area contributed by atoms with Crippen molar-refractivity contribution in [1.29, 1.82) is 0 Å². The number of halogens is 1. The molecular weight excluding hydrogens is 420 g/mol. The summed E-state index contributed by atoms with van der Waals surface area (Å²) in [4.78, 5) is 0. The second-order valence-corrected chi connectivity index (χ2v) is 9.37. The third-order valence-electron chi connectivity index (χ3n) is 6.13. The minimum absolute atomic E-state index is 0.741. The van der Waals surface area contributed by atoms with Crippen LogP contribution in [-0.2, 0) is 0 Å². The van der Waals surface area contributed by atoms with Crippen LogP contribution in [0, 0.1) is 0 Å². The van der Waals surface area contributed by atoms with Gasteiger partial charge in [-0.3, -0.25) is 0 Å². The Kier molecular flexibility index (Phi) is 3.55. The lowest BCUT2D eigenvalue weighted by atomic mass is 10.00. The second kappa shape index (κ2) is 6.34. The van der Waals surface area contributed by atoms with Crippen LogP contribution in [-0.4, -0.2) is 0 Å². The molecule has 2 heterocycles. The molecule has 0 atom stereocenters. The highest BCUT2D eigenvalue weighted by Crippen LogP contribution is 2.43. The molecular formula is C28H15ClOS. The van der Waals surface area contributed by atoms with Gasteiger partial charge in [0.2, 0.25) is 0 Å². The van der Waals surface area contributed by atoms with E-state index in [2.05, 4.69) is 78.9 Å².